The summed E-state index contributed by atoms with van der Waals surface area (Å²) in [4.78, 5) is 14.3. The standard InChI is InChI=1S/C19H23NO2/c1-2-22-16-14-19(21)20(18-11-7-4-8-12-18)15-13-17-9-5-3-6-10-17/h3-12H,2,13-16H2,1H3. The molecule has 0 spiro atoms. The Balaban J connectivity index is 2.03. The largest absolute Gasteiger partial charge is 0.381 e. The number of carbonyl (C=O) groups is 1. The Morgan fingerprint density at radius 3 is 2.27 bits per heavy atom. The molecule has 0 fully saturated rings. The lowest BCUT2D eigenvalue weighted by atomic mass is 10.1. The molecule has 0 saturated carbocycles. The highest BCUT2D eigenvalue weighted by molar-refractivity contribution is 5.93. The first-order valence-electron chi connectivity index (χ1n) is 7.78. The smallest absolute Gasteiger partial charge is 0.229 e. The van der Waals surface area contributed by atoms with Crippen LogP contribution in [0.3, 0.4) is 0 Å². The maximum absolute atomic E-state index is 12.5. The molecule has 2 aromatic rings. The van der Waals surface area contributed by atoms with E-state index in [1.807, 2.05) is 60.4 Å². The summed E-state index contributed by atoms with van der Waals surface area (Å²) in [5, 5.41) is 0. The van der Waals surface area contributed by atoms with E-state index in [0.29, 0.717) is 26.2 Å². The normalized spacial score (nSPS) is 10.4. The third-order valence-electron chi connectivity index (χ3n) is 3.50. The molecule has 0 aliphatic heterocycles. The van der Waals surface area contributed by atoms with Crippen molar-refractivity contribution in [2.45, 2.75) is 19.8 Å². The molecule has 0 radical (unpaired) electrons. The molecule has 3 nitrogen and oxygen atoms in total. The molecule has 2 aromatic carbocycles. The molecule has 116 valence electrons. The minimum Gasteiger partial charge on any atom is -0.381 e. The monoisotopic (exact) mass is 297 g/mol. The highest BCUT2D eigenvalue weighted by atomic mass is 16.5. The molecule has 22 heavy (non-hydrogen) atoms. The number of hydrogen-bond acceptors (Lipinski definition) is 2. The number of para-hydroxylation sites is 1. The zero-order valence-electron chi connectivity index (χ0n) is 13.1. The number of ether oxygens (including phenoxy) is 1. The van der Waals surface area contributed by atoms with Crippen molar-refractivity contribution < 1.29 is 9.53 Å². The second-order valence-corrected chi connectivity index (χ2v) is 5.06. The lowest BCUT2D eigenvalue weighted by Gasteiger charge is -2.23. The molecule has 0 N–H and O–H groups in total. The van der Waals surface area contributed by atoms with Gasteiger partial charge in [0.2, 0.25) is 5.91 Å². The van der Waals surface area contributed by atoms with Crippen LogP contribution in [0.15, 0.2) is 60.7 Å². The van der Waals surface area contributed by atoms with Crippen molar-refractivity contribution in [1.29, 1.82) is 0 Å². The SMILES string of the molecule is CCOCCC(=O)N(CCc1ccccc1)c1ccccc1. The van der Waals surface area contributed by atoms with Gasteiger partial charge in [0.25, 0.3) is 0 Å². The summed E-state index contributed by atoms with van der Waals surface area (Å²) in [5.41, 5.74) is 2.18. The average molecular weight is 297 g/mol. The van der Waals surface area contributed by atoms with Crippen LogP contribution >= 0.6 is 0 Å². The molecule has 3 heteroatoms. The number of anilines is 1. The second kappa shape index (κ2) is 9.00. The van der Waals surface area contributed by atoms with Gasteiger partial charge in [-0.2, -0.15) is 0 Å². The van der Waals surface area contributed by atoms with Gasteiger partial charge in [-0.05, 0) is 31.0 Å². The van der Waals surface area contributed by atoms with E-state index in [9.17, 15) is 4.79 Å². The predicted octanol–water partition coefficient (Wildman–Crippen LogP) is 3.69. The molecular weight excluding hydrogens is 274 g/mol. The van der Waals surface area contributed by atoms with Crippen molar-refractivity contribution in [3.63, 3.8) is 0 Å². The molecule has 0 aliphatic rings. The fraction of sp³-hybridized carbons (Fsp3) is 0.316. The summed E-state index contributed by atoms with van der Waals surface area (Å²) in [6.45, 7) is 3.74. The Kier molecular flexibility index (Phi) is 6.65. The van der Waals surface area contributed by atoms with Crippen LogP contribution in [0.2, 0.25) is 0 Å². The Morgan fingerprint density at radius 1 is 1.00 bits per heavy atom. The van der Waals surface area contributed by atoms with Crippen molar-refractivity contribution in [2.24, 2.45) is 0 Å². The van der Waals surface area contributed by atoms with Crippen LogP contribution in [0.25, 0.3) is 0 Å². The van der Waals surface area contributed by atoms with Crippen molar-refractivity contribution in [3.05, 3.63) is 66.2 Å². The molecule has 0 aromatic heterocycles. The van der Waals surface area contributed by atoms with E-state index in [-0.39, 0.29) is 5.91 Å². The Bertz CT molecular complexity index is 554. The van der Waals surface area contributed by atoms with Crippen LogP contribution in [0.1, 0.15) is 18.9 Å². The zero-order valence-corrected chi connectivity index (χ0v) is 13.1. The summed E-state index contributed by atoms with van der Waals surface area (Å²) in [6, 6.07) is 20.1. The van der Waals surface area contributed by atoms with E-state index in [0.717, 1.165) is 12.1 Å². The first-order chi connectivity index (χ1) is 10.8. The fourth-order valence-corrected chi connectivity index (χ4v) is 2.33. The molecule has 0 bridgehead atoms. The van der Waals surface area contributed by atoms with Gasteiger partial charge in [-0.25, -0.2) is 0 Å². The summed E-state index contributed by atoms with van der Waals surface area (Å²) >= 11 is 0. The van der Waals surface area contributed by atoms with Gasteiger partial charge in [0.15, 0.2) is 0 Å². The highest BCUT2D eigenvalue weighted by Crippen LogP contribution is 2.15. The molecular formula is C19H23NO2. The lowest BCUT2D eigenvalue weighted by molar-refractivity contribution is -0.119. The Morgan fingerprint density at radius 2 is 1.64 bits per heavy atom. The molecule has 0 atom stereocenters. The quantitative estimate of drug-likeness (QED) is 0.695. The average Bonchev–Trinajstić information content (AvgIpc) is 2.57. The first-order valence-corrected chi connectivity index (χ1v) is 7.78. The Hall–Kier alpha value is -2.13. The fourth-order valence-electron chi connectivity index (χ4n) is 2.33. The van der Waals surface area contributed by atoms with Gasteiger partial charge in [-0.15, -0.1) is 0 Å². The molecule has 0 unspecified atom stereocenters. The zero-order chi connectivity index (χ0) is 15.6. The van der Waals surface area contributed by atoms with Gasteiger partial charge in [-0.3, -0.25) is 4.79 Å². The summed E-state index contributed by atoms with van der Waals surface area (Å²) in [6.07, 6.45) is 1.26. The molecule has 0 heterocycles. The van der Waals surface area contributed by atoms with E-state index in [1.165, 1.54) is 5.56 Å². The molecule has 1 amide bonds. The number of amides is 1. The van der Waals surface area contributed by atoms with Crippen LogP contribution in [0, 0.1) is 0 Å². The minimum atomic E-state index is 0.107. The number of benzene rings is 2. The highest BCUT2D eigenvalue weighted by Gasteiger charge is 2.15. The summed E-state index contributed by atoms with van der Waals surface area (Å²) in [5.74, 6) is 0.107. The van der Waals surface area contributed by atoms with Gasteiger partial charge in [0.05, 0.1) is 13.0 Å². The maximum Gasteiger partial charge on any atom is 0.229 e. The van der Waals surface area contributed by atoms with Crippen LogP contribution in [0.5, 0.6) is 0 Å². The van der Waals surface area contributed by atoms with Gasteiger partial charge in [0.1, 0.15) is 0 Å². The lowest BCUT2D eigenvalue weighted by Crippen LogP contribution is -2.33. The van der Waals surface area contributed by atoms with Crippen LogP contribution < -0.4 is 4.90 Å². The van der Waals surface area contributed by atoms with Gasteiger partial charge >= 0.3 is 0 Å². The van der Waals surface area contributed by atoms with Crippen molar-refractivity contribution in [2.75, 3.05) is 24.7 Å². The second-order valence-electron chi connectivity index (χ2n) is 5.06. The Labute approximate surface area is 132 Å². The topological polar surface area (TPSA) is 29.5 Å². The number of nitrogens with zero attached hydrogens (tertiary/aromatic N) is 1. The van der Waals surface area contributed by atoms with Crippen molar-refractivity contribution >= 4 is 11.6 Å². The number of hydrogen-bond donors (Lipinski definition) is 0. The molecule has 2 rings (SSSR count). The third kappa shape index (κ3) is 5.01. The third-order valence-corrected chi connectivity index (χ3v) is 3.50. The molecule has 0 aliphatic carbocycles. The summed E-state index contributed by atoms with van der Waals surface area (Å²) < 4.78 is 5.31. The maximum atomic E-state index is 12.5. The van der Waals surface area contributed by atoms with Crippen LogP contribution in [0.4, 0.5) is 5.69 Å². The van der Waals surface area contributed by atoms with E-state index in [2.05, 4.69) is 12.1 Å². The van der Waals surface area contributed by atoms with E-state index >= 15 is 0 Å². The first kappa shape index (κ1) is 16.2. The molecule has 0 saturated heterocycles. The number of carbonyl (C=O) groups excluding carboxylic acids is 1. The van der Waals surface area contributed by atoms with E-state index in [4.69, 9.17) is 4.74 Å². The number of rotatable bonds is 8. The van der Waals surface area contributed by atoms with Crippen molar-refractivity contribution in [1.82, 2.24) is 0 Å². The van der Waals surface area contributed by atoms with E-state index in [1.54, 1.807) is 0 Å². The van der Waals surface area contributed by atoms with Gasteiger partial charge < -0.3 is 9.64 Å². The summed E-state index contributed by atoms with van der Waals surface area (Å²) in [7, 11) is 0. The minimum absolute atomic E-state index is 0.107. The van der Waals surface area contributed by atoms with Crippen LogP contribution in [-0.4, -0.2) is 25.7 Å². The van der Waals surface area contributed by atoms with Gasteiger partial charge in [0, 0.05) is 18.8 Å². The van der Waals surface area contributed by atoms with Gasteiger partial charge in [-0.1, -0.05) is 48.5 Å². The van der Waals surface area contributed by atoms with Crippen molar-refractivity contribution in [3.8, 4) is 0 Å². The van der Waals surface area contributed by atoms with Crippen LogP contribution in [-0.2, 0) is 16.0 Å². The van der Waals surface area contributed by atoms with E-state index < -0.39 is 0 Å². The predicted molar refractivity (Wildman–Crippen MR) is 90.1 cm³/mol.